The third-order valence-electron chi connectivity index (χ3n) is 4.77. The van der Waals surface area contributed by atoms with E-state index in [0.29, 0.717) is 37.2 Å². The number of hydrogen-bond acceptors (Lipinski definition) is 4. The maximum absolute atomic E-state index is 13.0. The number of unbranched alkanes of at least 4 members (excludes halogenated alkanes) is 2. The molecule has 160 valence electrons. The van der Waals surface area contributed by atoms with Gasteiger partial charge in [-0.1, -0.05) is 87.4 Å². The molecule has 0 fully saturated rings. The van der Waals surface area contributed by atoms with Gasteiger partial charge in [-0.2, -0.15) is 0 Å². The van der Waals surface area contributed by atoms with Crippen molar-refractivity contribution < 1.29 is 19.1 Å². The van der Waals surface area contributed by atoms with Crippen LogP contribution in [-0.4, -0.2) is 25.2 Å². The van der Waals surface area contributed by atoms with Crippen LogP contribution in [0.2, 0.25) is 0 Å². The topological polar surface area (TPSA) is 52.6 Å². The second kappa shape index (κ2) is 13.4. The minimum absolute atomic E-state index is 0.330. The van der Waals surface area contributed by atoms with Crippen LogP contribution in [0.25, 0.3) is 0 Å². The molecule has 0 aliphatic rings. The van der Waals surface area contributed by atoms with Crippen LogP contribution >= 0.6 is 0 Å². The standard InChI is InChI=1S/C26H32O4/c1-3-5-17-29-25(27)23(19-21-13-9-7-10-14-21)24(26(28)30-18-6-4-2)20-22-15-11-8-12-16-22/h7-16H,3-6,17-20H2,1-2H3/b24-23-. The number of esters is 2. The van der Waals surface area contributed by atoms with Crippen molar-refractivity contribution in [2.75, 3.05) is 13.2 Å². The number of rotatable bonds is 12. The Morgan fingerprint density at radius 2 is 1.00 bits per heavy atom. The van der Waals surface area contributed by atoms with Crippen molar-refractivity contribution >= 4 is 11.9 Å². The van der Waals surface area contributed by atoms with Crippen LogP contribution in [0, 0.1) is 0 Å². The van der Waals surface area contributed by atoms with Crippen LogP contribution in [0.3, 0.4) is 0 Å². The molecule has 0 amide bonds. The Balaban J connectivity index is 2.41. The zero-order valence-electron chi connectivity index (χ0n) is 18.1. The van der Waals surface area contributed by atoms with Crippen molar-refractivity contribution in [2.24, 2.45) is 0 Å². The third-order valence-corrected chi connectivity index (χ3v) is 4.77. The zero-order chi connectivity index (χ0) is 21.6. The summed E-state index contributed by atoms with van der Waals surface area (Å²) in [6, 6.07) is 19.3. The lowest BCUT2D eigenvalue weighted by Gasteiger charge is -2.15. The predicted molar refractivity (Wildman–Crippen MR) is 119 cm³/mol. The molecule has 0 saturated carbocycles. The van der Waals surface area contributed by atoms with Crippen LogP contribution < -0.4 is 0 Å². The summed E-state index contributed by atoms with van der Waals surface area (Å²) in [5.41, 5.74) is 2.66. The molecule has 0 aliphatic heterocycles. The molecule has 0 aliphatic carbocycles. The maximum Gasteiger partial charge on any atom is 0.334 e. The van der Waals surface area contributed by atoms with Gasteiger partial charge < -0.3 is 9.47 Å². The van der Waals surface area contributed by atoms with Gasteiger partial charge in [-0.15, -0.1) is 0 Å². The van der Waals surface area contributed by atoms with E-state index < -0.39 is 11.9 Å². The molecular formula is C26H32O4. The highest BCUT2D eigenvalue weighted by atomic mass is 16.5. The van der Waals surface area contributed by atoms with E-state index in [0.717, 1.165) is 36.8 Å². The van der Waals surface area contributed by atoms with E-state index in [9.17, 15) is 9.59 Å². The molecule has 0 aromatic heterocycles. The van der Waals surface area contributed by atoms with Gasteiger partial charge in [0.05, 0.1) is 24.4 Å². The summed E-state index contributed by atoms with van der Waals surface area (Å²) in [6.07, 6.45) is 4.11. The fraction of sp³-hybridized carbons (Fsp3) is 0.385. The van der Waals surface area contributed by atoms with Crippen LogP contribution in [-0.2, 0) is 31.9 Å². The van der Waals surface area contributed by atoms with E-state index in [1.807, 2.05) is 74.5 Å². The maximum atomic E-state index is 13.0. The van der Waals surface area contributed by atoms with E-state index in [1.165, 1.54) is 0 Å². The lowest BCUT2D eigenvalue weighted by molar-refractivity contribution is -0.142. The molecule has 2 rings (SSSR count). The molecule has 4 nitrogen and oxygen atoms in total. The van der Waals surface area contributed by atoms with Crippen molar-refractivity contribution in [1.29, 1.82) is 0 Å². The van der Waals surface area contributed by atoms with Gasteiger partial charge in [0.1, 0.15) is 0 Å². The largest absolute Gasteiger partial charge is 0.462 e. The minimum atomic E-state index is -0.439. The highest BCUT2D eigenvalue weighted by molar-refractivity contribution is 6.01. The lowest BCUT2D eigenvalue weighted by atomic mass is 9.95. The quantitative estimate of drug-likeness (QED) is 0.266. The Hall–Kier alpha value is -2.88. The van der Waals surface area contributed by atoms with Crippen LogP contribution in [0.15, 0.2) is 71.8 Å². The van der Waals surface area contributed by atoms with Crippen molar-refractivity contribution in [3.63, 3.8) is 0 Å². The number of carbonyl (C=O) groups is 2. The van der Waals surface area contributed by atoms with Crippen LogP contribution in [0.1, 0.15) is 50.7 Å². The summed E-state index contributed by atoms with van der Waals surface area (Å²) in [7, 11) is 0. The monoisotopic (exact) mass is 408 g/mol. The molecule has 0 radical (unpaired) electrons. The normalized spacial score (nSPS) is 11.5. The Morgan fingerprint density at radius 3 is 1.33 bits per heavy atom. The summed E-state index contributed by atoms with van der Waals surface area (Å²) in [5.74, 6) is -0.878. The van der Waals surface area contributed by atoms with Gasteiger partial charge in [0.15, 0.2) is 0 Å². The Bertz CT molecular complexity index is 740. The number of ether oxygens (including phenoxy) is 2. The lowest BCUT2D eigenvalue weighted by Crippen LogP contribution is -2.20. The van der Waals surface area contributed by atoms with Gasteiger partial charge in [-0.3, -0.25) is 0 Å². The Morgan fingerprint density at radius 1 is 0.633 bits per heavy atom. The van der Waals surface area contributed by atoms with Crippen molar-refractivity contribution in [3.05, 3.63) is 82.9 Å². The van der Waals surface area contributed by atoms with E-state index in [1.54, 1.807) is 0 Å². The molecule has 2 aromatic carbocycles. The molecule has 0 bridgehead atoms. The molecule has 0 saturated heterocycles. The highest BCUT2D eigenvalue weighted by Gasteiger charge is 2.24. The first-order valence-electron chi connectivity index (χ1n) is 10.8. The Labute approximate surface area is 179 Å². The molecule has 0 spiro atoms. The second-order valence-electron chi connectivity index (χ2n) is 7.26. The molecule has 0 unspecified atom stereocenters. The van der Waals surface area contributed by atoms with E-state index in [2.05, 4.69) is 0 Å². The predicted octanol–water partition coefficient (Wildman–Crippen LogP) is 5.46. The summed E-state index contributed by atoms with van der Waals surface area (Å²) >= 11 is 0. The first kappa shape index (κ1) is 23.4. The smallest absolute Gasteiger partial charge is 0.334 e. The molecule has 4 heteroatoms. The molecule has 0 heterocycles. The first-order valence-corrected chi connectivity index (χ1v) is 10.8. The van der Waals surface area contributed by atoms with Gasteiger partial charge in [0.25, 0.3) is 0 Å². The van der Waals surface area contributed by atoms with E-state index in [-0.39, 0.29) is 0 Å². The van der Waals surface area contributed by atoms with Gasteiger partial charge >= 0.3 is 11.9 Å². The molecule has 2 aromatic rings. The van der Waals surface area contributed by atoms with Gasteiger partial charge in [-0.05, 0) is 24.0 Å². The summed E-state index contributed by atoms with van der Waals surface area (Å²) in [5, 5.41) is 0. The fourth-order valence-corrected chi connectivity index (χ4v) is 3.00. The number of hydrogen-bond donors (Lipinski definition) is 0. The number of carbonyl (C=O) groups excluding carboxylic acids is 2. The van der Waals surface area contributed by atoms with Crippen molar-refractivity contribution in [2.45, 2.75) is 52.4 Å². The summed E-state index contributed by atoms with van der Waals surface area (Å²) in [4.78, 5) is 26.0. The zero-order valence-corrected chi connectivity index (χ0v) is 18.1. The summed E-state index contributed by atoms with van der Waals surface area (Å²) in [6.45, 7) is 4.77. The second-order valence-corrected chi connectivity index (χ2v) is 7.26. The average molecular weight is 409 g/mol. The SMILES string of the molecule is CCCCOC(=O)/C(Cc1ccccc1)=C(/Cc1ccccc1)C(=O)OCCCC. The van der Waals surface area contributed by atoms with Crippen molar-refractivity contribution in [1.82, 2.24) is 0 Å². The first-order chi connectivity index (χ1) is 14.7. The molecule has 0 N–H and O–H groups in total. The Kier molecular flexibility index (Phi) is 10.4. The molecular weight excluding hydrogens is 376 g/mol. The van der Waals surface area contributed by atoms with E-state index in [4.69, 9.17) is 9.47 Å². The minimum Gasteiger partial charge on any atom is -0.462 e. The molecule has 0 atom stereocenters. The van der Waals surface area contributed by atoms with Crippen LogP contribution in [0.5, 0.6) is 0 Å². The highest BCUT2D eigenvalue weighted by Crippen LogP contribution is 2.20. The van der Waals surface area contributed by atoms with Crippen LogP contribution in [0.4, 0.5) is 0 Å². The molecule has 30 heavy (non-hydrogen) atoms. The van der Waals surface area contributed by atoms with Gasteiger partial charge in [0.2, 0.25) is 0 Å². The third kappa shape index (κ3) is 7.86. The summed E-state index contributed by atoms with van der Waals surface area (Å²) < 4.78 is 11.0. The fourth-order valence-electron chi connectivity index (χ4n) is 3.00. The van der Waals surface area contributed by atoms with Crippen molar-refractivity contribution in [3.8, 4) is 0 Å². The van der Waals surface area contributed by atoms with Gasteiger partial charge in [-0.25, -0.2) is 9.59 Å². The van der Waals surface area contributed by atoms with Gasteiger partial charge in [0, 0.05) is 12.8 Å². The van der Waals surface area contributed by atoms with E-state index >= 15 is 0 Å². The number of benzene rings is 2. The average Bonchev–Trinajstić information content (AvgIpc) is 2.77.